The third-order valence-corrected chi connectivity index (χ3v) is 2.80. The first-order chi connectivity index (χ1) is 12.0. The third kappa shape index (κ3) is 8.94. The highest BCUT2D eigenvalue weighted by molar-refractivity contribution is 6.01. The average Bonchev–Trinajstić information content (AvgIpc) is 2.91. The summed E-state index contributed by atoms with van der Waals surface area (Å²) in [5.74, 6) is -2.42. The van der Waals surface area contributed by atoms with E-state index in [4.69, 9.17) is 18.9 Å². The predicted molar refractivity (Wildman–Crippen MR) is 80.8 cm³/mol. The number of amides is 2. The normalized spacial score (nSPS) is 13.8. The molecule has 0 aromatic rings. The number of hydrogen-bond acceptors (Lipinski definition) is 9. The van der Waals surface area contributed by atoms with E-state index in [1.165, 1.54) is 0 Å². The number of hydroxylamine groups is 2. The van der Waals surface area contributed by atoms with Crippen LogP contribution >= 0.6 is 0 Å². The van der Waals surface area contributed by atoms with Crippen molar-refractivity contribution < 1.29 is 43.0 Å². The van der Waals surface area contributed by atoms with Crippen LogP contribution in [0.1, 0.15) is 12.8 Å². The summed E-state index contributed by atoms with van der Waals surface area (Å²) in [5, 5.41) is 0.464. The van der Waals surface area contributed by atoms with Crippen LogP contribution in [0.4, 0.5) is 0 Å². The summed E-state index contributed by atoms with van der Waals surface area (Å²) in [5.41, 5.74) is 0. The fourth-order valence-electron chi connectivity index (χ4n) is 1.64. The van der Waals surface area contributed by atoms with E-state index in [2.05, 4.69) is 11.4 Å². The number of esters is 1. The second-order valence-electron chi connectivity index (χ2n) is 4.69. The van der Waals surface area contributed by atoms with Crippen LogP contribution < -0.4 is 0 Å². The van der Waals surface area contributed by atoms with E-state index in [0.29, 0.717) is 18.3 Å². The predicted octanol–water partition coefficient (Wildman–Crippen LogP) is -0.627. The first-order valence-corrected chi connectivity index (χ1v) is 7.63. The Balaban J connectivity index is 1.89. The second-order valence-corrected chi connectivity index (χ2v) is 4.69. The molecule has 10 heteroatoms. The molecule has 0 radical (unpaired) electrons. The van der Waals surface area contributed by atoms with Gasteiger partial charge < -0.3 is 23.8 Å². The van der Waals surface area contributed by atoms with Gasteiger partial charge in [0.15, 0.2) is 0 Å². The molecule has 10 nitrogen and oxygen atoms in total. The quantitative estimate of drug-likeness (QED) is 0.183. The molecule has 0 atom stereocenters. The molecule has 0 spiro atoms. The Morgan fingerprint density at radius 3 is 2.00 bits per heavy atom. The Bertz CT molecular complexity index is 475. The van der Waals surface area contributed by atoms with Crippen molar-refractivity contribution >= 4 is 23.8 Å². The highest BCUT2D eigenvalue weighted by Gasteiger charge is 2.32. The minimum atomic E-state index is -0.832. The Morgan fingerprint density at radius 1 is 0.920 bits per heavy atom. The molecule has 1 heterocycles. The van der Waals surface area contributed by atoms with Crippen LogP contribution in [0.25, 0.3) is 0 Å². The second kappa shape index (κ2) is 12.1. The summed E-state index contributed by atoms with van der Waals surface area (Å²) in [6, 6.07) is 0. The maximum Gasteiger partial charge on any atom is 0.358 e. The van der Waals surface area contributed by atoms with Gasteiger partial charge in [0.05, 0.1) is 33.0 Å². The van der Waals surface area contributed by atoms with Crippen LogP contribution in [0.5, 0.6) is 0 Å². The van der Waals surface area contributed by atoms with Gasteiger partial charge in [0.2, 0.25) is 0 Å². The van der Waals surface area contributed by atoms with Crippen LogP contribution in [0, 0.1) is 0 Å². The van der Waals surface area contributed by atoms with Gasteiger partial charge in [0.25, 0.3) is 11.8 Å². The molecule has 1 fully saturated rings. The van der Waals surface area contributed by atoms with Gasteiger partial charge in [0, 0.05) is 18.9 Å². The lowest BCUT2D eigenvalue weighted by atomic mass is 10.4. The molecule has 0 unspecified atom stereocenters. The number of rotatable bonds is 13. The number of nitrogens with zero attached hydrogens (tertiary/aromatic N) is 1. The molecular weight excluding hydrogens is 338 g/mol. The average molecular weight is 359 g/mol. The van der Waals surface area contributed by atoms with E-state index in [1.807, 2.05) is 0 Å². The van der Waals surface area contributed by atoms with Gasteiger partial charge in [0.1, 0.15) is 13.2 Å². The van der Waals surface area contributed by atoms with E-state index in [9.17, 15) is 19.2 Å². The van der Waals surface area contributed by atoms with Crippen molar-refractivity contribution in [1.29, 1.82) is 0 Å². The summed E-state index contributed by atoms with van der Waals surface area (Å²) in [6.45, 7) is 4.22. The minimum absolute atomic E-state index is 0.0412. The maximum atomic E-state index is 11.4. The molecule has 0 aromatic heterocycles. The molecule has 0 aliphatic carbocycles. The largest absolute Gasteiger partial charge is 0.460 e. The zero-order valence-corrected chi connectivity index (χ0v) is 13.8. The number of carbonyl (C=O) groups excluding carboxylic acids is 4. The van der Waals surface area contributed by atoms with Gasteiger partial charge in [-0.1, -0.05) is 6.58 Å². The molecule has 0 bridgehead atoms. The summed E-state index contributed by atoms with van der Waals surface area (Å²) in [4.78, 5) is 49.2. The van der Waals surface area contributed by atoms with E-state index in [1.54, 1.807) is 0 Å². The molecule has 1 aliphatic rings. The first-order valence-electron chi connectivity index (χ1n) is 7.63. The number of hydrogen-bond donors (Lipinski definition) is 0. The lowest BCUT2D eigenvalue weighted by Gasteiger charge is -2.12. The summed E-state index contributed by atoms with van der Waals surface area (Å²) >= 11 is 0. The highest BCUT2D eigenvalue weighted by atomic mass is 16.7. The van der Waals surface area contributed by atoms with E-state index >= 15 is 0 Å². The van der Waals surface area contributed by atoms with Crippen LogP contribution in [0.2, 0.25) is 0 Å². The van der Waals surface area contributed by atoms with Gasteiger partial charge >= 0.3 is 11.9 Å². The number of ether oxygens (including phenoxy) is 4. The SMILES string of the molecule is C=CC(=O)OCCOCCOCCOCC(=O)ON1C(=O)CCC1=O. The highest BCUT2D eigenvalue weighted by Crippen LogP contribution is 2.11. The zero-order chi connectivity index (χ0) is 18.5. The van der Waals surface area contributed by atoms with Crippen molar-refractivity contribution in [2.24, 2.45) is 0 Å². The summed E-state index contributed by atoms with van der Waals surface area (Å²) < 4.78 is 20.0. The molecule has 1 aliphatic heterocycles. The van der Waals surface area contributed by atoms with Crippen molar-refractivity contribution in [3.63, 3.8) is 0 Å². The first kappa shape index (κ1) is 20.7. The molecule has 0 aromatic carbocycles. The van der Waals surface area contributed by atoms with E-state index < -0.39 is 30.4 Å². The van der Waals surface area contributed by atoms with Gasteiger partial charge in [-0.2, -0.15) is 0 Å². The number of carbonyl (C=O) groups is 4. The van der Waals surface area contributed by atoms with Crippen LogP contribution in [-0.4, -0.2) is 75.1 Å². The molecule has 0 saturated carbocycles. The van der Waals surface area contributed by atoms with E-state index in [0.717, 1.165) is 6.08 Å². The fraction of sp³-hybridized carbons (Fsp3) is 0.600. The molecule has 1 rings (SSSR count). The molecular formula is C15H21NO9. The van der Waals surface area contributed by atoms with Crippen molar-refractivity contribution in [2.45, 2.75) is 12.8 Å². The smallest absolute Gasteiger partial charge is 0.358 e. The van der Waals surface area contributed by atoms with Crippen LogP contribution in [0.3, 0.4) is 0 Å². The zero-order valence-electron chi connectivity index (χ0n) is 13.8. The molecule has 2 amide bonds. The van der Waals surface area contributed by atoms with Crippen LogP contribution in [0.15, 0.2) is 12.7 Å². The fourth-order valence-corrected chi connectivity index (χ4v) is 1.64. The molecule has 1 saturated heterocycles. The van der Waals surface area contributed by atoms with Gasteiger partial charge in [-0.15, -0.1) is 5.06 Å². The molecule has 140 valence electrons. The lowest BCUT2D eigenvalue weighted by Crippen LogP contribution is -2.33. The molecule has 25 heavy (non-hydrogen) atoms. The van der Waals surface area contributed by atoms with Gasteiger partial charge in [-0.3, -0.25) is 9.59 Å². The van der Waals surface area contributed by atoms with Gasteiger partial charge in [-0.25, -0.2) is 9.59 Å². The van der Waals surface area contributed by atoms with Crippen molar-refractivity contribution in [2.75, 3.05) is 46.2 Å². The Morgan fingerprint density at radius 2 is 1.44 bits per heavy atom. The van der Waals surface area contributed by atoms with Crippen LogP contribution in [-0.2, 0) is 43.0 Å². The third-order valence-electron chi connectivity index (χ3n) is 2.80. The Hall–Kier alpha value is -2.30. The Labute approximate surface area is 144 Å². The van der Waals surface area contributed by atoms with Gasteiger partial charge in [-0.05, 0) is 0 Å². The lowest BCUT2D eigenvalue weighted by molar-refractivity contribution is -0.200. The monoisotopic (exact) mass is 359 g/mol. The summed E-state index contributed by atoms with van der Waals surface area (Å²) in [6.07, 6.45) is 1.15. The Kier molecular flexibility index (Phi) is 10.1. The maximum absolute atomic E-state index is 11.4. The topological polar surface area (TPSA) is 118 Å². The van der Waals surface area contributed by atoms with Crippen molar-refractivity contribution in [3.8, 4) is 0 Å². The summed E-state index contributed by atoms with van der Waals surface area (Å²) in [7, 11) is 0. The van der Waals surface area contributed by atoms with Crippen molar-refractivity contribution in [3.05, 3.63) is 12.7 Å². The number of imide groups is 1. The molecule has 0 N–H and O–H groups in total. The van der Waals surface area contributed by atoms with E-state index in [-0.39, 0.29) is 39.3 Å². The minimum Gasteiger partial charge on any atom is -0.460 e. The van der Waals surface area contributed by atoms with Crippen molar-refractivity contribution in [1.82, 2.24) is 5.06 Å². The standard InChI is InChI=1S/C15H21NO9/c1-2-14(19)24-10-9-22-6-5-21-7-8-23-11-15(20)25-16-12(17)3-4-13(16)18/h2H,1,3-11H2.